The van der Waals surface area contributed by atoms with Gasteiger partial charge in [-0.3, -0.25) is 4.79 Å². The predicted octanol–water partition coefficient (Wildman–Crippen LogP) is 2.62. The number of nitrogens with zero attached hydrogens (tertiary/aromatic N) is 2. The summed E-state index contributed by atoms with van der Waals surface area (Å²) in [5.74, 6) is -0.361. The van der Waals surface area contributed by atoms with E-state index in [-0.39, 0.29) is 6.42 Å². The highest BCUT2D eigenvalue weighted by atomic mass is 16.4. The number of hydrogen-bond donors (Lipinski definition) is 1. The third-order valence-electron chi connectivity index (χ3n) is 2.83. The molecule has 18 heavy (non-hydrogen) atoms. The lowest BCUT2D eigenvalue weighted by Gasteiger charge is -2.07. The number of hydrogen-bond acceptors (Lipinski definition) is 2. The van der Waals surface area contributed by atoms with Crippen LogP contribution in [0.5, 0.6) is 0 Å². The SMILES string of the molecule is CC(C)c1ccc(-n2cnc(CC(=O)O)c2)cc1. The molecule has 1 aromatic carbocycles. The second kappa shape index (κ2) is 5.04. The number of benzene rings is 1. The molecule has 0 aliphatic carbocycles. The van der Waals surface area contributed by atoms with Crippen LogP contribution in [0.1, 0.15) is 31.0 Å². The first-order valence-electron chi connectivity index (χ1n) is 5.91. The predicted molar refractivity (Wildman–Crippen MR) is 69.0 cm³/mol. The Labute approximate surface area is 106 Å². The summed E-state index contributed by atoms with van der Waals surface area (Å²) in [5.41, 5.74) is 2.84. The van der Waals surface area contributed by atoms with Gasteiger partial charge < -0.3 is 9.67 Å². The summed E-state index contributed by atoms with van der Waals surface area (Å²) >= 11 is 0. The topological polar surface area (TPSA) is 55.1 Å². The van der Waals surface area contributed by atoms with Gasteiger partial charge in [-0.1, -0.05) is 26.0 Å². The summed E-state index contributed by atoms with van der Waals surface area (Å²) in [6, 6.07) is 8.19. The van der Waals surface area contributed by atoms with Crippen molar-refractivity contribution in [1.82, 2.24) is 9.55 Å². The number of imidazole rings is 1. The van der Waals surface area contributed by atoms with E-state index >= 15 is 0 Å². The van der Waals surface area contributed by atoms with Crippen LogP contribution in [0.3, 0.4) is 0 Å². The van der Waals surface area contributed by atoms with Crippen LogP contribution in [0.15, 0.2) is 36.8 Å². The minimum atomic E-state index is -0.865. The van der Waals surface area contributed by atoms with Gasteiger partial charge in [0, 0.05) is 11.9 Å². The average molecular weight is 244 g/mol. The van der Waals surface area contributed by atoms with Crippen molar-refractivity contribution in [3.8, 4) is 5.69 Å². The van der Waals surface area contributed by atoms with Gasteiger partial charge in [-0.05, 0) is 23.6 Å². The molecule has 0 fully saturated rings. The minimum Gasteiger partial charge on any atom is -0.481 e. The van der Waals surface area contributed by atoms with Gasteiger partial charge in [0.25, 0.3) is 0 Å². The average Bonchev–Trinajstić information content (AvgIpc) is 2.76. The van der Waals surface area contributed by atoms with E-state index in [9.17, 15) is 4.79 Å². The molecule has 0 amide bonds. The van der Waals surface area contributed by atoms with Crippen LogP contribution >= 0.6 is 0 Å². The Hall–Kier alpha value is -2.10. The van der Waals surface area contributed by atoms with Crippen LogP contribution in [0.4, 0.5) is 0 Å². The van der Waals surface area contributed by atoms with Crippen molar-refractivity contribution in [3.05, 3.63) is 48.0 Å². The zero-order valence-corrected chi connectivity index (χ0v) is 10.5. The van der Waals surface area contributed by atoms with Crippen molar-refractivity contribution < 1.29 is 9.90 Å². The molecular formula is C14H16N2O2. The van der Waals surface area contributed by atoms with E-state index in [1.54, 1.807) is 12.5 Å². The number of carbonyl (C=O) groups is 1. The highest BCUT2D eigenvalue weighted by Crippen LogP contribution is 2.17. The zero-order chi connectivity index (χ0) is 13.1. The van der Waals surface area contributed by atoms with Gasteiger partial charge in [-0.2, -0.15) is 0 Å². The van der Waals surface area contributed by atoms with Crippen LogP contribution in [0.25, 0.3) is 5.69 Å². The van der Waals surface area contributed by atoms with E-state index < -0.39 is 5.97 Å². The van der Waals surface area contributed by atoms with Gasteiger partial charge in [0.1, 0.15) is 0 Å². The molecule has 0 atom stereocenters. The Morgan fingerprint density at radius 2 is 2.00 bits per heavy atom. The standard InChI is InChI=1S/C14H16N2O2/c1-10(2)11-3-5-13(6-4-11)16-8-12(15-9-16)7-14(17)18/h3-6,8-10H,7H2,1-2H3,(H,17,18). The van der Waals surface area contributed by atoms with E-state index in [0.29, 0.717) is 11.6 Å². The molecule has 2 rings (SSSR count). The minimum absolute atomic E-state index is 0.0446. The number of carboxylic acid groups (broad SMARTS) is 1. The smallest absolute Gasteiger partial charge is 0.309 e. The summed E-state index contributed by atoms with van der Waals surface area (Å²) in [5, 5.41) is 8.69. The molecule has 0 saturated heterocycles. The Morgan fingerprint density at radius 3 is 2.56 bits per heavy atom. The summed E-state index contributed by atoms with van der Waals surface area (Å²) in [6.45, 7) is 4.30. The summed E-state index contributed by atoms with van der Waals surface area (Å²) < 4.78 is 1.84. The van der Waals surface area contributed by atoms with E-state index in [1.807, 2.05) is 16.7 Å². The molecule has 0 aliphatic heterocycles. The molecule has 0 unspecified atom stereocenters. The molecule has 4 nitrogen and oxygen atoms in total. The molecule has 0 spiro atoms. The normalized spacial score (nSPS) is 10.8. The largest absolute Gasteiger partial charge is 0.481 e. The van der Waals surface area contributed by atoms with Crippen LogP contribution in [-0.4, -0.2) is 20.6 Å². The first-order valence-corrected chi connectivity index (χ1v) is 5.91. The molecule has 0 bridgehead atoms. The Morgan fingerprint density at radius 1 is 1.33 bits per heavy atom. The summed E-state index contributed by atoms with van der Waals surface area (Å²) in [6.07, 6.45) is 3.35. The number of aromatic nitrogens is 2. The highest BCUT2D eigenvalue weighted by molar-refractivity contribution is 5.69. The van der Waals surface area contributed by atoms with Crippen LogP contribution in [0.2, 0.25) is 0 Å². The van der Waals surface area contributed by atoms with Gasteiger partial charge in [-0.15, -0.1) is 0 Å². The Balaban J connectivity index is 2.20. The summed E-state index contributed by atoms with van der Waals surface area (Å²) in [4.78, 5) is 14.7. The monoisotopic (exact) mass is 244 g/mol. The lowest BCUT2D eigenvalue weighted by molar-refractivity contribution is -0.136. The van der Waals surface area contributed by atoms with E-state index in [1.165, 1.54) is 5.56 Å². The van der Waals surface area contributed by atoms with Gasteiger partial charge in [-0.25, -0.2) is 4.98 Å². The van der Waals surface area contributed by atoms with Crippen LogP contribution in [0, 0.1) is 0 Å². The van der Waals surface area contributed by atoms with Crippen LogP contribution < -0.4 is 0 Å². The summed E-state index contributed by atoms with van der Waals surface area (Å²) in [7, 11) is 0. The van der Waals surface area contributed by atoms with E-state index in [4.69, 9.17) is 5.11 Å². The van der Waals surface area contributed by atoms with Gasteiger partial charge in [0.2, 0.25) is 0 Å². The molecule has 0 aliphatic rings. The number of carboxylic acids is 1. The second-order valence-electron chi connectivity index (χ2n) is 4.59. The Bertz CT molecular complexity index is 541. The third kappa shape index (κ3) is 2.77. The lowest BCUT2D eigenvalue weighted by atomic mass is 10.0. The maximum Gasteiger partial charge on any atom is 0.309 e. The number of rotatable bonds is 4. The van der Waals surface area contributed by atoms with Crippen molar-refractivity contribution in [2.45, 2.75) is 26.2 Å². The second-order valence-corrected chi connectivity index (χ2v) is 4.59. The molecule has 1 heterocycles. The molecule has 1 N–H and O–H groups in total. The zero-order valence-electron chi connectivity index (χ0n) is 10.5. The quantitative estimate of drug-likeness (QED) is 0.899. The van der Waals surface area contributed by atoms with Gasteiger partial charge >= 0.3 is 5.97 Å². The third-order valence-corrected chi connectivity index (χ3v) is 2.83. The Kier molecular flexibility index (Phi) is 3.46. The molecule has 0 radical (unpaired) electrons. The fraction of sp³-hybridized carbons (Fsp3) is 0.286. The first kappa shape index (κ1) is 12.4. The molecule has 0 saturated carbocycles. The van der Waals surface area contributed by atoms with Gasteiger partial charge in [0.15, 0.2) is 0 Å². The van der Waals surface area contributed by atoms with Crippen molar-refractivity contribution in [3.63, 3.8) is 0 Å². The van der Waals surface area contributed by atoms with Crippen LogP contribution in [-0.2, 0) is 11.2 Å². The van der Waals surface area contributed by atoms with Crippen molar-refractivity contribution in [2.24, 2.45) is 0 Å². The first-order chi connectivity index (χ1) is 8.56. The fourth-order valence-electron chi connectivity index (χ4n) is 1.78. The molecule has 2 aromatic rings. The maximum absolute atomic E-state index is 10.6. The van der Waals surface area contributed by atoms with Crippen molar-refractivity contribution in [2.75, 3.05) is 0 Å². The number of aliphatic carboxylic acids is 1. The van der Waals surface area contributed by atoms with Gasteiger partial charge in [0.05, 0.1) is 18.4 Å². The van der Waals surface area contributed by atoms with E-state index in [0.717, 1.165) is 5.69 Å². The molecule has 1 aromatic heterocycles. The molecule has 94 valence electrons. The molecular weight excluding hydrogens is 228 g/mol. The fourth-order valence-corrected chi connectivity index (χ4v) is 1.78. The molecule has 4 heteroatoms. The highest BCUT2D eigenvalue weighted by Gasteiger charge is 2.05. The maximum atomic E-state index is 10.6. The van der Waals surface area contributed by atoms with E-state index in [2.05, 4.69) is 31.0 Å². The lowest BCUT2D eigenvalue weighted by Crippen LogP contribution is -2.00. The van der Waals surface area contributed by atoms with Crippen molar-refractivity contribution in [1.29, 1.82) is 0 Å². The van der Waals surface area contributed by atoms with Crippen molar-refractivity contribution >= 4 is 5.97 Å².